The normalized spacial score (nSPS) is 11.2. The standard InChI is InChI=1S/C15H9ClF3N/c1-9-2-11(6-13(3-9)15(17,18)19)12-4-10(8-20)5-14(16)7-12/h2-7H,1H3. The molecule has 0 spiro atoms. The Morgan fingerprint density at radius 1 is 1.00 bits per heavy atom. The van der Waals surface area contributed by atoms with Gasteiger partial charge in [0.05, 0.1) is 17.2 Å². The summed E-state index contributed by atoms with van der Waals surface area (Å²) in [6, 6.07) is 10.2. The molecule has 0 N–H and O–H groups in total. The zero-order chi connectivity index (χ0) is 14.9. The number of hydrogen-bond acceptors (Lipinski definition) is 1. The van der Waals surface area contributed by atoms with Gasteiger partial charge in [0, 0.05) is 5.02 Å². The molecule has 2 aromatic carbocycles. The number of halogens is 4. The molecule has 2 rings (SSSR count). The average molecular weight is 296 g/mol. The first-order valence-corrected chi connectivity index (χ1v) is 6.07. The zero-order valence-corrected chi connectivity index (χ0v) is 11.2. The lowest BCUT2D eigenvalue weighted by Gasteiger charge is -2.11. The fourth-order valence-electron chi connectivity index (χ4n) is 1.93. The molecule has 0 saturated carbocycles. The lowest BCUT2D eigenvalue weighted by Crippen LogP contribution is -2.05. The minimum atomic E-state index is -4.41. The lowest BCUT2D eigenvalue weighted by atomic mass is 9.99. The highest BCUT2D eigenvalue weighted by atomic mass is 35.5. The smallest absolute Gasteiger partial charge is 0.192 e. The molecule has 0 heterocycles. The second-order valence-corrected chi connectivity index (χ2v) is 4.86. The molecule has 0 aliphatic rings. The molecule has 0 radical (unpaired) electrons. The van der Waals surface area contributed by atoms with Crippen molar-refractivity contribution in [2.45, 2.75) is 13.1 Å². The van der Waals surface area contributed by atoms with E-state index >= 15 is 0 Å². The summed E-state index contributed by atoms with van der Waals surface area (Å²) in [6.45, 7) is 1.59. The number of aryl methyl sites for hydroxylation is 1. The van der Waals surface area contributed by atoms with Crippen molar-refractivity contribution in [3.05, 3.63) is 58.1 Å². The second kappa shape index (κ2) is 5.18. The molecule has 20 heavy (non-hydrogen) atoms. The van der Waals surface area contributed by atoms with Crippen LogP contribution in [0.2, 0.25) is 5.02 Å². The van der Waals surface area contributed by atoms with E-state index in [0.717, 1.165) is 12.1 Å². The molecule has 0 amide bonds. The van der Waals surface area contributed by atoms with E-state index in [1.165, 1.54) is 18.2 Å². The minimum Gasteiger partial charge on any atom is -0.192 e. The van der Waals surface area contributed by atoms with Gasteiger partial charge in [0.2, 0.25) is 0 Å². The van der Waals surface area contributed by atoms with Gasteiger partial charge in [-0.25, -0.2) is 0 Å². The molecule has 102 valence electrons. The van der Waals surface area contributed by atoms with Gasteiger partial charge in [-0.1, -0.05) is 17.7 Å². The van der Waals surface area contributed by atoms with Crippen LogP contribution >= 0.6 is 11.6 Å². The van der Waals surface area contributed by atoms with Gasteiger partial charge in [0.25, 0.3) is 0 Å². The number of nitriles is 1. The molecule has 5 heteroatoms. The SMILES string of the molecule is Cc1cc(-c2cc(Cl)cc(C#N)c2)cc(C(F)(F)F)c1. The first-order chi connectivity index (χ1) is 9.29. The highest BCUT2D eigenvalue weighted by Gasteiger charge is 2.31. The maximum absolute atomic E-state index is 12.8. The predicted octanol–water partition coefficient (Wildman–Crippen LogP) is 5.21. The van der Waals surface area contributed by atoms with E-state index in [4.69, 9.17) is 16.9 Å². The highest BCUT2D eigenvalue weighted by Crippen LogP contribution is 2.34. The van der Waals surface area contributed by atoms with Crippen molar-refractivity contribution in [2.24, 2.45) is 0 Å². The highest BCUT2D eigenvalue weighted by molar-refractivity contribution is 6.31. The molecule has 0 aromatic heterocycles. The van der Waals surface area contributed by atoms with E-state index < -0.39 is 11.7 Å². The predicted molar refractivity (Wildman–Crippen MR) is 71.3 cm³/mol. The van der Waals surface area contributed by atoms with Crippen LogP contribution < -0.4 is 0 Å². The lowest BCUT2D eigenvalue weighted by molar-refractivity contribution is -0.137. The van der Waals surface area contributed by atoms with Crippen molar-refractivity contribution in [3.63, 3.8) is 0 Å². The van der Waals surface area contributed by atoms with Gasteiger partial charge in [-0.15, -0.1) is 0 Å². The van der Waals surface area contributed by atoms with Gasteiger partial charge in [0.1, 0.15) is 0 Å². The van der Waals surface area contributed by atoms with E-state index in [1.807, 2.05) is 6.07 Å². The molecule has 0 aliphatic heterocycles. The van der Waals surface area contributed by atoms with Gasteiger partial charge in [0.15, 0.2) is 0 Å². The van der Waals surface area contributed by atoms with Crippen molar-refractivity contribution in [1.82, 2.24) is 0 Å². The Bertz CT molecular complexity index is 699. The van der Waals surface area contributed by atoms with Crippen LogP contribution in [0.5, 0.6) is 0 Å². The molecular weight excluding hydrogens is 287 g/mol. The summed E-state index contributed by atoms with van der Waals surface area (Å²) in [7, 11) is 0. The molecule has 0 atom stereocenters. The van der Waals surface area contributed by atoms with Gasteiger partial charge >= 0.3 is 6.18 Å². The Morgan fingerprint density at radius 3 is 2.25 bits per heavy atom. The first-order valence-electron chi connectivity index (χ1n) is 5.69. The van der Waals surface area contributed by atoms with Crippen LogP contribution in [0, 0.1) is 18.3 Å². The molecule has 0 bridgehead atoms. The molecular formula is C15H9ClF3N. The topological polar surface area (TPSA) is 23.8 Å². The van der Waals surface area contributed by atoms with E-state index in [-0.39, 0.29) is 0 Å². The van der Waals surface area contributed by atoms with Gasteiger partial charge in [-0.2, -0.15) is 18.4 Å². The summed E-state index contributed by atoms with van der Waals surface area (Å²) in [5.74, 6) is 0. The summed E-state index contributed by atoms with van der Waals surface area (Å²) in [6.07, 6.45) is -4.41. The Balaban J connectivity index is 2.62. The van der Waals surface area contributed by atoms with Gasteiger partial charge in [-0.05, 0) is 53.9 Å². The van der Waals surface area contributed by atoms with Crippen LogP contribution in [-0.2, 0) is 6.18 Å². The third-order valence-corrected chi connectivity index (χ3v) is 2.98. The minimum absolute atomic E-state index is 0.308. The van der Waals surface area contributed by atoms with Crippen molar-refractivity contribution >= 4 is 11.6 Å². The monoisotopic (exact) mass is 295 g/mol. The molecule has 0 aliphatic carbocycles. The third kappa shape index (κ3) is 3.12. The van der Waals surface area contributed by atoms with Crippen LogP contribution in [0.25, 0.3) is 11.1 Å². The summed E-state index contributed by atoms with van der Waals surface area (Å²) in [5, 5.41) is 9.20. The molecule has 2 aromatic rings. The zero-order valence-electron chi connectivity index (χ0n) is 10.4. The largest absolute Gasteiger partial charge is 0.416 e. The second-order valence-electron chi connectivity index (χ2n) is 4.43. The number of hydrogen-bond donors (Lipinski definition) is 0. The van der Waals surface area contributed by atoms with Gasteiger partial charge < -0.3 is 0 Å². The molecule has 0 unspecified atom stereocenters. The molecule has 1 nitrogen and oxygen atoms in total. The molecule has 0 fully saturated rings. The summed E-state index contributed by atoms with van der Waals surface area (Å²) < 4.78 is 38.4. The number of alkyl halides is 3. The van der Waals surface area contributed by atoms with Crippen molar-refractivity contribution < 1.29 is 13.2 Å². The fraction of sp³-hybridized carbons (Fsp3) is 0.133. The summed E-state index contributed by atoms with van der Waals surface area (Å²) in [5.41, 5.74) is 0.960. The van der Waals surface area contributed by atoms with Crippen molar-refractivity contribution in [2.75, 3.05) is 0 Å². The Morgan fingerprint density at radius 2 is 1.65 bits per heavy atom. The Labute approximate surface area is 119 Å². The number of benzene rings is 2. The first kappa shape index (κ1) is 14.4. The van der Waals surface area contributed by atoms with Gasteiger partial charge in [-0.3, -0.25) is 0 Å². The van der Waals surface area contributed by atoms with E-state index in [9.17, 15) is 13.2 Å². The maximum atomic E-state index is 12.8. The van der Waals surface area contributed by atoms with Crippen LogP contribution in [0.4, 0.5) is 13.2 Å². The quantitative estimate of drug-likeness (QED) is 0.709. The van der Waals surface area contributed by atoms with E-state index in [2.05, 4.69) is 0 Å². The fourth-order valence-corrected chi connectivity index (χ4v) is 2.17. The van der Waals surface area contributed by atoms with E-state index in [1.54, 1.807) is 13.0 Å². The van der Waals surface area contributed by atoms with Crippen molar-refractivity contribution in [1.29, 1.82) is 5.26 Å². The van der Waals surface area contributed by atoms with Crippen LogP contribution in [0.1, 0.15) is 16.7 Å². The molecule has 0 saturated heterocycles. The van der Waals surface area contributed by atoms with E-state index in [0.29, 0.717) is 27.3 Å². The maximum Gasteiger partial charge on any atom is 0.416 e. The average Bonchev–Trinajstić information content (AvgIpc) is 2.36. The summed E-state index contributed by atoms with van der Waals surface area (Å²) in [4.78, 5) is 0. The Hall–Kier alpha value is -1.99. The third-order valence-electron chi connectivity index (χ3n) is 2.76. The Kier molecular flexibility index (Phi) is 3.74. The number of rotatable bonds is 1. The van der Waals surface area contributed by atoms with Crippen LogP contribution in [-0.4, -0.2) is 0 Å². The number of nitrogens with zero attached hydrogens (tertiary/aromatic N) is 1. The van der Waals surface area contributed by atoms with Crippen LogP contribution in [0.3, 0.4) is 0 Å². The van der Waals surface area contributed by atoms with Crippen LogP contribution in [0.15, 0.2) is 36.4 Å². The van der Waals surface area contributed by atoms with Crippen molar-refractivity contribution in [3.8, 4) is 17.2 Å². The summed E-state index contributed by atoms with van der Waals surface area (Å²) >= 11 is 5.87.